The third-order valence-corrected chi connectivity index (χ3v) is 4.37. The van der Waals surface area contributed by atoms with Crippen molar-refractivity contribution in [1.82, 2.24) is 9.80 Å². The first-order valence-electron chi connectivity index (χ1n) is 7.30. The second-order valence-electron chi connectivity index (χ2n) is 6.14. The van der Waals surface area contributed by atoms with Crippen molar-refractivity contribution in [1.29, 1.82) is 0 Å². The molecule has 2 unspecified atom stereocenters. The Hall–Kier alpha value is -0.610. The van der Waals surface area contributed by atoms with E-state index in [2.05, 4.69) is 11.8 Å². The fourth-order valence-electron chi connectivity index (χ4n) is 3.06. The molecule has 18 heavy (non-hydrogen) atoms. The van der Waals surface area contributed by atoms with Crippen LogP contribution < -0.4 is 5.73 Å². The van der Waals surface area contributed by atoms with Gasteiger partial charge in [0.05, 0.1) is 6.54 Å². The van der Waals surface area contributed by atoms with Crippen LogP contribution in [0.2, 0.25) is 0 Å². The number of amides is 1. The van der Waals surface area contributed by atoms with E-state index in [4.69, 9.17) is 5.73 Å². The maximum absolute atomic E-state index is 12.3. The zero-order valence-corrected chi connectivity index (χ0v) is 11.8. The summed E-state index contributed by atoms with van der Waals surface area (Å²) in [7, 11) is 2.04. The minimum atomic E-state index is 0.281. The predicted molar refractivity (Wildman–Crippen MR) is 73.2 cm³/mol. The molecule has 2 rings (SSSR count). The van der Waals surface area contributed by atoms with Gasteiger partial charge >= 0.3 is 0 Å². The van der Waals surface area contributed by atoms with Gasteiger partial charge in [-0.3, -0.25) is 9.69 Å². The molecule has 4 nitrogen and oxygen atoms in total. The quantitative estimate of drug-likeness (QED) is 0.792. The average Bonchev–Trinajstić information content (AvgIpc) is 3.14. The molecule has 1 saturated heterocycles. The van der Waals surface area contributed by atoms with E-state index in [1.807, 2.05) is 11.9 Å². The molecule has 0 bridgehead atoms. The summed E-state index contributed by atoms with van der Waals surface area (Å²) in [6.45, 7) is 5.31. The molecule has 1 aliphatic heterocycles. The van der Waals surface area contributed by atoms with Crippen LogP contribution in [0.15, 0.2) is 0 Å². The molecule has 1 amide bonds. The van der Waals surface area contributed by atoms with Crippen LogP contribution in [0.25, 0.3) is 0 Å². The largest absolute Gasteiger partial charge is 0.341 e. The smallest absolute Gasteiger partial charge is 0.236 e. The molecule has 0 aromatic carbocycles. The molecule has 0 radical (unpaired) electrons. The number of likely N-dealkylation sites (tertiary alicyclic amines) is 1. The number of nitrogens with two attached hydrogens (primary N) is 1. The molecule has 2 aliphatic rings. The van der Waals surface area contributed by atoms with Crippen LogP contribution in [-0.4, -0.2) is 55.0 Å². The Kier molecular flexibility index (Phi) is 4.62. The highest BCUT2D eigenvalue weighted by Crippen LogP contribution is 2.34. The first-order chi connectivity index (χ1) is 8.61. The van der Waals surface area contributed by atoms with Crippen molar-refractivity contribution < 1.29 is 4.79 Å². The summed E-state index contributed by atoms with van der Waals surface area (Å²) in [4.78, 5) is 16.5. The van der Waals surface area contributed by atoms with Crippen molar-refractivity contribution in [2.24, 2.45) is 17.6 Å². The molecule has 1 heterocycles. The molecule has 2 fully saturated rings. The molecule has 1 aliphatic carbocycles. The summed E-state index contributed by atoms with van der Waals surface area (Å²) in [5.74, 6) is 1.66. The normalized spacial score (nSPS) is 26.4. The van der Waals surface area contributed by atoms with Crippen molar-refractivity contribution in [2.75, 3.05) is 33.2 Å². The lowest BCUT2D eigenvalue weighted by Crippen LogP contribution is -2.48. The van der Waals surface area contributed by atoms with Crippen LogP contribution in [0.3, 0.4) is 0 Å². The van der Waals surface area contributed by atoms with E-state index in [1.165, 1.54) is 19.3 Å². The van der Waals surface area contributed by atoms with E-state index in [9.17, 15) is 4.79 Å². The Labute approximate surface area is 110 Å². The highest BCUT2D eigenvalue weighted by molar-refractivity contribution is 5.78. The fourth-order valence-corrected chi connectivity index (χ4v) is 3.06. The zero-order chi connectivity index (χ0) is 13.1. The second kappa shape index (κ2) is 6.02. The van der Waals surface area contributed by atoms with Gasteiger partial charge in [-0.1, -0.05) is 6.92 Å². The van der Waals surface area contributed by atoms with Crippen molar-refractivity contribution in [2.45, 2.75) is 38.6 Å². The number of carbonyl (C=O) groups excluding carboxylic acids is 1. The molecule has 104 valence electrons. The average molecular weight is 253 g/mol. The van der Waals surface area contributed by atoms with E-state index >= 15 is 0 Å². The lowest BCUT2D eigenvalue weighted by atomic mass is 10.0. The first-order valence-corrected chi connectivity index (χ1v) is 7.30. The Morgan fingerprint density at radius 2 is 2.17 bits per heavy atom. The number of carbonyl (C=O) groups is 1. The molecule has 4 heteroatoms. The van der Waals surface area contributed by atoms with Gasteiger partial charge in [0, 0.05) is 25.7 Å². The Morgan fingerprint density at radius 1 is 1.44 bits per heavy atom. The van der Waals surface area contributed by atoms with Gasteiger partial charge in [0.1, 0.15) is 0 Å². The van der Waals surface area contributed by atoms with Crippen LogP contribution in [-0.2, 0) is 4.79 Å². The Morgan fingerprint density at radius 3 is 2.72 bits per heavy atom. The maximum atomic E-state index is 12.3. The minimum absolute atomic E-state index is 0.281. The summed E-state index contributed by atoms with van der Waals surface area (Å²) in [5.41, 5.74) is 5.82. The van der Waals surface area contributed by atoms with Crippen molar-refractivity contribution in [3.8, 4) is 0 Å². The maximum Gasteiger partial charge on any atom is 0.236 e. The number of nitrogens with zero attached hydrogens (tertiary/aromatic N) is 2. The van der Waals surface area contributed by atoms with E-state index < -0.39 is 0 Å². The molecule has 0 aromatic heterocycles. The molecular weight excluding hydrogens is 226 g/mol. The summed E-state index contributed by atoms with van der Waals surface area (Å²) >= 11 is 0. The lowest BCUT2D eigenvalue weighted by molar-refractivity contribution is -0.134. The SMILES string of the molecule is CC1CCCN(C(=O)CN(C)C(CN)C2CC2)C1. The highest BCUT2D eigenvalue weighted by atomic mass is 16.2. The van der Waals surface area contributed by atoms with Gasteiger partial charge < -0.3 is 10.6 Å². The van der Waals surface area contributed by atoms with Crippen LogP contribution in [0.5, 0.6) is 0 Å². The van der Waals surface area contributed by atoms with Gasteiger partial charge in [0.25, 0.3) is 0 Å². The zero-order valence-electron chi connectivity index (χ0n) is 11.8. The topological polar surface area (TPSA) is 49.6 Å². The molecule has 2 atom stereocenters. The third-order valence-electron chi connectivity index (χ3n) is 4.37. The van der Waals surface area contributed by atoms with Crippen molar-refractivity contribution in [3.63, 3.8) is 0 Å². The third kappa shape index (κ3) is 3.45. The van der Waals surface area contributed by atoms with Gasteiger partial charge in [-0.25, -0.2) is 0 Å². The van der Waals surface area contributed by atoms with Crippen molar-refractivity contribution >= 4 is 5.91 Å². The van der Waals surface area contributed by atoms with Gasteiger partial charge in [-0.05, 0) is 44.6 Å². The van der Waals surface area contributed by atoms with Crippen molar-refractivity contribution in [3.05, 3.63) is 0 Å². The van der Waals surface area contributed by atoms with E-state index in [0.29, 0.717) is 25.0 Å². The molecular formula is C14H27N3O. The van der Waals surface area contributed by atoms with Crippen LogP contribution in [0, 0.1) is 11.8 Å². The van der Waals surface area contributed by atoms with Crippen LogP contribution >= 0.6 is 0 Å². The monoisotopic (exact) mass is 253 g/mol. The van der Waals surface area contributed by atoms with E-state index in [0.717, 1.165) is 25.4 Å². The molecule has 1 saturated carbocycles. The lowest BCUT2D eigenvalue weighted by Gasteiger charge is -2.34. The van der Waals surface area contributed by atoms with E-state index in [1.54, 1.807) is 0 Å². The van der Waals surface area contributed by atoms with E-state index in [-0.39, 0.29) is 5.91 Å². The number of rotatable bonds is 5. The van der Waals surface area contributed by atoms with Crippen LogP contribution in [0.4, 0.5) is 0 Å². The standard InChI is InChI=1S/C14H27N3O/c1-11-4-3-7-17(9-11)14(18)10-16(2)13(8-15)12-5-6-12/h11-13H,3-10,15H2,1-2H3. The van der Waals surface area contributed by atoms with Gasteiger partial charge in [0.15, 0.2) is 0 Å². The summed E-state index contributed by atoms with van der Waals surface area (Å²) in [6, 6.07) is 0.399. The predicted octanol–water partition coefficient (Wildman–Crippen LogP) is 0.914. The van der Waals surface area contributed by atoms with Gasteiger partial charge in [-0.15, -0.1) is 0 Å². The summed E-state index contributed by atoms with van der Waals surface area (Å²) in [5, 5.41) is 0. The second-order valence-corrected chi connectivity index (χ2v) is 6.14. The summed E-state index contributed by atoms with van der Waals surface area (Å²) in [6.07, 6.45) is 4.97. The number of likely N-dealkylation sites (N-methyl/N-ethyl adjacent to an activating group) is 1. The summed E-state index contributed by atoms with van der Waals surface area (Å²) < 4.78 is 0. The van der Waals surface area contributed by atoms with Gasteiger partial charge in [-0.2, -0.15) is 0 Å². The number of hydrogen-bond donors (Lipinski definition) is 1. The Bertz CT molecular complexity index is 291. The first kappa shape index (κ1) is 13.8. The molecule has 0 aromatic rings. The number of piperidine rings is 1. The molecule has 0 spiro atoms. The van der Waals surface area contributed by atoms with Gasteiger partial charge in [0.2, 0.25) is 5.91 Å². The number of hydrogen-bond acceptors (Lipinski definition) is 3. The molecule has 2 N–H and O–H groups in total. The Balaban J connectivity index is 1.82. The van der Waals surface area contributed by atoms with Crippen LogP contribution in [0.1, 0.15) is 32.6 Å². The minimum Gasteiger partial charge on any atom is -0.341 e. The highest BCUT2D eigenvalue weighted by Gasteiger charge is 2.34. The fraction of sp³-hybridized carbons (Fsp3) is 0.929.